The number of benzene rings is 1. The molecule has 1 saturated heterocycles. The van der Waals surface area contributed by atoms with Crippen LogP contribution in [-0.4, -0.2) is 45.6 Å². The third-order valence-corrected chi connectivity index (χ3v) is 4.65. The van der Waals surface area contributed by atoms with Gasteiger partial charge in [-0.25, -0.2) is 0 Å². The van der Waals surface area contributed by atoms with E-state index in [2.05, 4.69) is 10.0 Å². The van der Waals surface area contributed by atoms with E-state index in [1.54, 1.807) is 6.07 Å². The minimum atomic E-state index is -3.51. The smallest absolute Gasteiger partial charge is 0.301 e. The lowest BCUT2D eigenvalue weighted by atomic mass is 10.2. The SMILES string of the molecule is CCNCc1ccccc1NS(=O)(=O)N1CCOCC1. The molecular weight excluding hydrogens is 278 g/mol. The summed E-state index contributed by atoms with van der Waals surface area (Å²) in [6.07, 6.45) is 0. The van der Waals surface area contributed by atoms with Crippen LogP contribution in [0.3, 0.4) is 0 Å². The number of morpholine rings is 1. The largest absolute Gasteiger partial charge is 0.379 e. The molecule has 0 saturated carbocycles. The van der Waals surface area contributed by atoms with Crippen LogP contribution in [0.2, 0.25) is 0 Å². The highest BCUT2D eigenvalue weighted by atomic mass is 32.2. The van der Waals surface area contributed by atoms with E-state index < -0.39 is 10.2 Å². The Morgan fingerprint density at radius 2 is 1.95 bits per heavy atom. The molecule has 1 fully saturated rings. The van der Waals surface area contributed by atoms with E-state index in [9.17, 15) is 8.42 Å². The second-order valence-corrected chi connectivity index (χ2v) is 6.23. The van der Waals surface area contributed by atoms with Crippen molar-refractivity contribution in [2.24, 2.45) is 0 Å². The van der Waals surface area contributed by atoms with E-state index in [4.69, 9.17) is 4.74 Å². The maximum Gasteiger partial charge on any atom is 0.301 e. The van der Waals surface area contributed by atoms with E-state index in [0.717, 1.165) is 12.1 Å². The van der Waals surface area contributed by atoms with Gasteiger partial charge in [0.1, 0.15) is 0 Å². The molecule has 0 spiro atoms. The standard InChI is InChI=1S/C13H21N3O3S/c1-2-14-11-12-5-3-4-6-13(12)15-20(17,18)16-7-9-19-10-8-16/h3-6,14-15H,2,7-11H2,1H3. The van der Waals surface area contributed by atoms with Crippen LogP contribution in [0.5, 0.6) is 0 Å². The van der Waals surface area contributed by atoms with Crippen LogP contribution in [0.25, 0.3) is 0 Å². The van der Waals surface area contributed by atoms with Crippen LogP contribution in [0, 0.1) is 0 Å². The molecule has 2 rings (SSSR count). The first-order valence-electron chi connectivity index (χ1n) is 6.77. The molecule has 1 aromatic rings. The number of anilines is 1. The molecule has 112 valence electrons. The minimum Gasteiger partial charge on any atom is -0.379 e. The first-order chi connectivity index (χ1) is 9.63. The molecular formula is C13H21N3O3S. The summed E-state index contributed by atoms with van der Waals surface area (Å²) >= 11 is 0. The summed E-state index contributed by atoms with van der Waals surface area (Å²) in [6, 6.07) is 7.43. The monoisotopic (exact) mass is 299 g/mol. The lowest BCUT2D eigenvalue weighted by molar-refractivity contribution is 0.0733. The van der Waals surface area contributed by atoms with Gasteiger partial charge >= 0.3 is 10.2 Å². The van der Waals surface area contributed by atoms with Gasteiger partial charge in [0.15, 0.2) is 0 Å². The Bertz CT molecular complexity index is 527. The third-order valence-electron chi connectivity index (χ3n) is 3.13. The predicted molar refractivity (Wildman–Crippen MR) is 78.8 cm³/mol. The lowest BCUT2D eigenvalue weighted by Gasteiger charge is -2.26. The molecule has 1 aliphatic heterocycles. The molecule has 0 bridgehead atoms. The zero-order valence-corrected chi connectivity index (χ0v) is 12.4. The lowest BCUT2D eigenvalue weighted by Crippen LogP contribution is -2.43. The molecule has 20 heavy (non-hydrogen) atoms. The second kappa shape index (κ2) is 7.03. The number of nitrogens with one attached hydrogen (secondary N) is 2. The van der Waals surface area contributed by atoms with Gasteiger partial charge in [-0.1, -0.05) is 25.1 Å². The fourth-order valence-corrected chi connectivity index (χ4v) is 3.26. The van der Waals surface area contributed by atoms with Crippen LogP contribution >= 0.6 is 0 Å². The number of nitrogens with zero attached hydrogens (tertiary/aromatic N) is 1. The van der Waals surface area contributed by atoms with Crippen molar-refractivity contribution in [2.45, 2.75) is 13.5 Å². The molecule has 0 aliphatic carbocycles. The minimum absolute atomic E-state index is 0.394. The Balaban J connectivity index is 2.11. The van der Waals surface area contributed by atoms with Gasteiger partial charge < -0.3 is 10.1 Å². The predicted octanol–water partition coefficient (Wildman–Crippen LogP) is 0.785. The summed E-state index contributed by atoms with van der Waals surface area (Å²) in [6.45, 7) is 5.17. The summed E-state index contributed by atoms with van der Waals surface area (Å²) in [5, 5.41) is 3.20. The number of rotatable bonds is 6. The average Bonchev–Trinajstić information content (AvgIpc) is 2.47. The molecule has 2 N–H and O–H groups in total. The zero-order valence-electron chi connectivity index (χ0n) is 11.6. The van der Waals surface area contributed by atoms with Crippen molar-refractivity contribution in [2.75, 3.05) is 37.6 Å². The maximum atomic E-state index is 12.3. The molecule has 0 aromatic heterocycles. The maximum absolute atomic E-state index is 12.3. The summed E-state index contributed by atoms with van der Waals surface area (Å²) in [5.41, 5.74) is 1.56. The van der Waals surface area contributed by atoms with Crippen LogP contribution < -0.4 is 10.0 Å². The van der Waals surface area contributed by atoms with Gasteiger partial charge in [0.05, 0.1) is 18.9 Å². The zero-order chi connectivity index (χ0) is 14.4. The van der Waals surface area contributed by atoms with Crippen molar-refractivity contribution >= 4 is 15.9 Å². The van der Waals surface area contributed by atoms with Gasteiger partial charge in [0.25, 0.3) is 0 Å². The van der Waals surface area contributed by atoms with Crippen LogP contribution in [0.4, 0.5) is 5.69 Å². The first-order valence-corrected chi connectivity index (χ1v) is 8.22. The molecule has 0 atom stereocenters. The van der Waals surface area contributed by atoms with Crippen molar-refractivity contribution in [1.29, 1.82) is 0 Å². The highest BCUT2D eigenvalue weighted by Gasteiger charge is 2.24. The van der Waals surface area contributed by atoms with E-state index in [-0.39, 0.29) is 0 Å². The fourth-order valence-electron chi connectivity index (χ4n) is 2.02. The van der Waals surface area contributed by atoms with Gasteiger partial charge in [0, 0.05) is 19.6 Å². The Morgan fingerprint density at radius 1 is 1.25 bits per heavy atom. The number of hydrogen-bond donors (Lipinski definition) is 2. The Hall–Kier alpha value is -1.15. The van der Waals surface area contributed by atoms with Gasteiger partial charge in [-0.15, -0.1) is 0 Å². The van der Waals surface area contributed by atoms with Gasteiger partial charge in [0.2, 0.25) is 0 Å². The van der Waals surface area contributed by atoms with Gasteiger partial charge in [-0.05, 0) is 18.2 Å². The van der Waals surface area contributed by atoms with Crippen molar-refractivity contribution in [3.05, 3.63) is 29.8 Å². The topological polar surface area (TPSA) is 70.7 Å². The van der Waals surface area contributed by atoms with E-state index in [1.807, 2.05) is 25.1 Å². The molecule has 0 radical (unpaired) electrons. The third kappa shape index (κ3) is 3.92. The summed E-state index contributed by atoms with van der Waals surface area (Å²) in [4.78, 5) is 0. The van der Waals surface area contributed by atoms with Crippen molar-refractivity contribution < 1.29 is 13.2 Å². The van der Waals surface area contributed by atoms with Crippen molar-refractivity contribution in [3.63, 3.8) is 0 Å². The highest BCUT2D eigenvalue weighted by Crippen LogP contribution is 2.18. The van der Waals surface area contributed by atoms with E-state index in [0.29, 0.717) is 38.5 Å². The fraction of sp³-hybridized carbons (Fsp3) is 0.538. The Labute approximate surface area is 120 Å². The van der Waals surface area contributed by atoms with E-state index >= 15 is 0 Å². The Morgan fingerprint density at radius 3 is 2.65 bits per heavy atom. The van der Waals surface area contributed by atoms with Gasteiger partial charge in [-0.3, -0.25) is 4.72 Å². The second-order valence-electron chi connectivity index (χ2n) is 4.56. The average molecular weight is 299 g/mol. The number of ether oxygens (including phenoxy) is 1. The molecule has 6 nitrogen and oxygen atoms in total. The number of hydrogen-bond acceptors (Lipinski definition) is 4. The Kier molecular flexibility index (Phi) is 5.36. The normalized spacial score (nSPS) is 17.1. The van der Waals surface area contributed by atoms with Crippen LogP contribution in [0.15, 0.2) is 24.3 Å². The molecule has 1 aromatic carbocycles. The number of para-hydroxylation sites is 1. The molecule has 1 aliphatic rings. The molecule has 0 amide bonds. The first kappa shape index (κ1) is 15.2. The van der Waals surface area contributed by atoms with Crippen LogP contribution in [-0.2, 0) is 21.5 Å². The molecule has 7 heteroatoms. The summed E-state index contributed by atoms with van der Waals surface area (Å²) in [5.74, 6) is 0. The van der Waals surface area contributed by atoms with Crippen molar-refractivity contribution in [1.82, 2.24) is 9.62 Å². The van der Waals surface area contributed by atoms with Crippen molar-refractivity contribution in [3.8, 4) is 0 Å². The summed E-state index contributed by atoms with van der Waals surface area (Å²) < 4.78 is 33.9. The highest BCUT2D eigenvalue weighted by molar-refractivity contribution is 7.90. The quantitative estimate of drug-likeness (QED) is 0.814. The summed E-state index contributed by atoms with van der Waals surface area (Å²) in [7, 11) is -3.51. The molecule has 0 unspecified atom stereocenters. The van der Waals surface area contributed by atoms with Gasteiger partial charge in [-0.2, -0.15) is 12.7 Å². The van der Waals surface area contributed by atoms with Crippen LogP contribution in [0.1, 0.15) is 12.5 Å². The van der Waals surface area contributed by atoms with E-state index in [1.165, 1.54) is 4.31 Å². The molecule has 1 heterocycles.